The molecule has 6 nitrogen and oxygen atoms in total. The van der Waals surface area contributed by atoms with E-state index in [1.807, 2.05) is 48.5 Å². The van der Waals surface area contributed by atoms with E-state index in [9.17, 15) is 9.59 Å². The maximum atomic E-state index is 12.3. The molecule has 28 heavy (non-hydrogen) atoms. The van der Waals surface area contributed by atoms with Crippen molar-refractivity contribution in [2.75, 3.05) is 18.1 Å². The van der Waals surface area contributed by atoms with Crippen LogP contribution in [-0.4, -0.2) is 31.2 Å². The minimum absolute atomic E-state index is 0.0680. The van der Waals surface area contributed by atoms with Gasteiger partial charge in [-0.05, 0) is 54.1 Å². The van der Waals surface area contributed by atoms with E-state index < -0.39 is 5.92 Å². The van der Waals surface area contributed by atoms with Crippen molar-refractivity contribution in [2.45, 2.75) is 6.42 Å². The van der Waals surface area contributed by atoms with Gasteiger partial charge in [-0.2, -0.15) is 5.10 Å². The molecule has 0 bridgehead atoms. The number of amides is 2. The molecule has 1 saturated heterocycles. The highest BCUT2D eigenvalue weighted by atomic mass is 79.9. The van der Waals surface area contributed by atoms with E-state index in [2.05, 4.69) is 33.0 Å². The number of carbonyl (C=O) groups is 2. The van der Waals surface area contributed by atoms with E-state index >= 15 is 0 Å². The molecule has 3 rings (SSSR count). The highest BCUT2D eigenvalue weighted by Gasteiger charge is 2.35. The lowest BCUT2D eigenvalue weighted by atomic mass is 10.1. The SMILES string of the molecule is C=CCOc1ccc(/C=N\NC(=O)[C@@H]2CC(=O)N(c3ccc(Br)cc3)C2)cc1. The molecule has 144 valence electrons. The Balaban J connectivity index is 1.53. The molecule has 0 aliphatic carbocycles. The van der Waals surface area contributed by atoms with Gasteiger partial charge in [-0.25, -0.2) is 5.43 Å². The van der Waals surface area contributed by atoms with Gasteiger partial charge in [0, 0.05) is 23.1 Å². The zero-order valence-corrected chi connectivity index (χ0v) is 16.8. The number of hydrogen-bond acceptors (Lipinski definition) is 4. The van der Waals surface area contributed by atoms with Gasteiger partial charge in [0.2, 0.25) is 11.8 Å². The number of nitrogens with zero attached hydrogens (tertiary/aromatic N) is 2. The average molecular weight is 442 g/mol. The number of rotatable bonds is 7. The van der Waals surface area contributed by atoms with Gasteiger partial charge in [-0.15, -0.1) is 0 Å². The van der Waals surface area contributed by atoms with E-state index in [0.29, 0.717) is 13.2 Å². The standard InChI is InChI=1S/C21H20BrN3O3/c1-2-11-28-19-9-3-15(4-10-19)13-23-24-21(27)16-12-20(26)25(14-16)18-7-5-17(22)6-8-18/h2-10,13,16H,1,11-12,14H2,(H,24,27)/b23-13-/t16-/m1/s1. The molecule has 1 aliphatic heterocycles. The molecule has 1 N–H and O–H groups in total. The molecule has 1 aliphatic rings. The summed E-state index contributed by atoms with van der Waals surface area (Å²) in [5, 5.41) is 3.99. The predicted octanol–water partition coefficient (Wildman–Crippen LogP) is 3.52. The summed E-state index contributed by atoms with van der Waals surface area (Å²) >= 11 is 3.37. The highest BCUT2D eigenvalue weighted by Crippen LogP contribution is 2.26. The smallest absolute Gasteiger partial charge is 0.245 e. The zero-order valence-electron chi connectivity index (χ0n) is 15.2. The first-order chi connectivity index (χ1) is 13.6. The fourth-order valence-corrected chi connectivity index (χ4v) is 3.09. The topological polar surface area (TPSA) is 71.0 Å². The van der Waals surface area contributed by atoms with Gasteiger partial charge in [0.15, 0.2) is 0 Å². The second kappa shape index (κ2) is 9.32. The van der Waals surface area contributed by atoms with Crippen molar-refractivity contribution >= 4 is 39.6 Å². The van der Waals surface area contributed by atoms with Crippen LogP contribution in [0, 0.1) is 5.92 Å². The van der Waals surface area contributed by atoms with Gasteiger partial charge < -0.3 is 9.64 Å². The van der Waals surface area contributed by atoms with Crippen LogP contribution in [0.5, 0.6) is 5.75 Å². The number of nitrogens with one attached hydrogen (secondary N) is 1. The lowest BCUT2D eigenvalue weighted by Crippen LogP contribution is -2.30. The van der Waals surface area contributed by atoms with Crippen molar-refractivity contribution < 1.29 is 14.3 Å². The van der Waals surface area contributed by atoms with E-state index in [4.69, 9.17) is 4.74 Å². The predicted molar refractivity (Wildman–Crippen MR) is 112 cm³/mol. The second-order valence-electron chi connectivity index (χ2n) is 6.28. The average Bonchev–Trinajstić information content (AvgIpc) is 3.09. The Labute approximate surface area is 172 Å². The van der Waals surface area contributed by atoms with Crippen molar-refractivity contribution in [3.63, 3.8) is 0 Å². The first kappa shape index (κ1) is 19.8. The van der Waals surface area contributed by atoms with Crippen molar-refractivity contribution in [1.29, 1.82) is 0 Å². The van der Waals surface area contributed by atoms with Crippen LogP contribution in [0.15, 0.2) is 70.8 Å². The Bertz CT molecular complexity index is 879. The normalized spacial score (nSPS) is 16.4. The summed E-state index contributed by atoms with van der Waals surface area (Å²) in [6, 6.07) is 14.7. The number of carbonyl (C=O) groups excluding carboxylic acids is 2. The van der Waals surface area contributed by atoms with Gasteiger partial charge in [-0.1, -0.05) is 28.6 Å². The minimum atomic E-state index is -0.428. The first-order valence-corrected chi connectivity index (χ1v) is 9.58. The van der Waals surface area contributed by atoms with Gasteiger partial charge >= 0.3 is 0 Å². The Morgan fingerprint density at radius 1 is 1.25 bits per heavy atom. The van der Waals surface area contributed by atoms with E-state index in [1.54, 1.807) is 17.2 Å². The third-order valence-corrected chi connectivity index (χ3v) is 4.80. The van der Waals surface area contributed by atoms with Gasteiger partial charge in [0.05, 0.1) is 12.1 Å². The number of benzene rings is 2. The van der Waals surface area contributed by atoms with Crippen LogP contribution in [0.4, 0.5) is 5.69 Å². The van der Waals surface area contributed by atoms with Crippen LogP contribution in [0.3, 0.4) is 0 Å². The van der Waals surface area contributed by atoms with E-state index in [0.717, 1.165) is 21.5 Å². The molecule has 2 aromatic carbocycles. The molecule has 1 heterocycles. The Morgan fingerprint density at radius 2 is 1.96 bits per heavy atom. The number of halogens is 1. The molecule has 0 unspecified atom stereocenters. The number of ether oxygens (including phenoxy) is 1. The van der Waals surface area contributed by atoms with E-state index in [1.165, 1.54) is 0 Å². The second-order valence-corrected chi connectivity index (χ2v) is 7.20. The summed E-state index contributed by atoms with van der Waals surface area (Å²) < 4.78 is 6.35. The van der Waals surface area contributed by atoms with Crippen LogP contribution in [0.2, 0.25) is 0 Å². The summed E-state index contributed by atoms with van der Waals surface area (Å²) in [5.74, 6) is -0.0294. The quantitative estimate of drug-likeness (QED) is 0.405. The monoisotopic (exact) mass is 441 g/mol. The molecule has 1 fully saturated rings. The van der Waals surface area contributed by atoms with Crippen molar-refractivity contribution in [2.24, 2.45) is 11.0 Å². The minimum Gasteiger partial charge on any atom is -0.490 e. The Kier molecular flexibility index (Phi) is 6.60. The van der Waals surface area contributed by atoms with Gasteiger partial charge in [0.25, 0.3) is 0 Å². The molecular formula is C21H20BrN3O3. The molecule has 7 heteroatoms. The van der Waals surface area contributed by atoms with Gasteiger partial charge in [-0.3, -0.25) is 9.59 Å². The fraction of sp³-hybridized carbons (Fsp3) is 0.190. The molecule has 1 atom stereocenters. The maximum Gasteiger partial charge on any atom is 0.245 e. The molecule has 0 saturated carbocycles. The number of anilines is 1. The van der Waals surface area contributed by atoms with Crippen LogP contribution in [-0.2, 0) is 9.59 Å². The van der Waals surface area contributed by atoms with E-state index in [-0.39, 0.29) is 18.2 Å². The fourth-order valence-electron chi connectivity index (χ4n) is 2.82. The van der Waals surface area contributed by atoms with Crippen LogP contribution >= 0.6 is 15.9 Å². The Morgan fingerprint density at radius 3 is 2.64 bits per heavy atom. The summed E-state index contributed by atoms with van der Waals surface area (Å²) in [7, 11) is 0. The van der Waals surface area contributed by atoms with Crippen molar-refractivity contribution in [3.8, 4) is 5.75 Å². The molecule has 0 spiro atoms. The van der Waals surface area contributed by atoms with Crippen LogP contribution < -0.4 is 15.1 Å². The molecule has 2 aromatic rings. The largest absolute Gasteiger partial charge is 0.490 e. The molecule has 0 radical (unpaired) electrons. The van der Waals surface area contributed by atoms with Crippen LogP contribution in [0.25, 0.3) is 0 Å². The highest BCUT2D eigenvalue weighted by molar-refractivity contribution is 9.10. The summed E-state index contributed by atoms with van der Waals surface area (Å²) in [6.07, 6.45) is 3.40. The van der Waals surface area contributed by atoms with Crippen molar-refractivity contribution in [3.05, 3.63) is 71.2 Å². The number of hydrogen-bond donors (Lipinski definition) is 1. The lowest BCUT2D eigenvalue weighted by molar-refractivity contribution is -0.126. The maximum absolute atomic E-state index is 12.3. The summed E-state index contributed by atoms with van der Waals surface area (Å²) in [4.78, 5) is 26.2. The Hall–Kier alpha value is -2.93. The summed E-state index contributed by atoms with van der Waals surface area (Å²) in [6.45, 7) is 4.39. The lowest BCUT2D eigenvalue weighted by Gasteiger charge is -2.16. The van der Waals surface area contributed by atoms with Crippen LogP contribution in [0.1, 0.15) is 12.0 Å². The number of hydrazone groups is 1. The summed E-state index contributed by atoms with van der Waals surface area (Å²) in [5.41, 5.74) is 4.13. The molecule has 0 aromatic heterocycles. The van der Waals surface area contributed by atoms with Gasteiger partial charge in [0.1, 0.15) is 12.4 Å². The third kappa shape index (κ3) is 5.07. The molecule has 2 amide bonds. The molecular weight excluding hydrogens is 422 g/mol. The third-order valence-electron chi connectivity index (χ3n) is 4.27. The van der Waals surface area contributed by atoms with Crippen molar-refractivity contribution in [1.82, 2.24) is 5.43 Å². The first-order valence-electron chi connectivity index (χ1n) is 8.79. The zero-order chi connectivity index (χ0) is 19.9.